The lowest BCUT2D eigenvalue weighted by Gasteiger charge is -2.05. The Labute approximate surface area is 141 Å². The third-order valence-corrected chi connectivity index (χ3v) is 4.17. The molecule has 0 atom stereocenters. The maximum absolute atomic E-state index is 12.0. The number of nitrogens with one attached hydrogen (secondary N) is 2. The van der Waals surface area contributed by atoms with Crippen molar-refractivity contribution in [2.75, 3.05) is 11.1 Å². The Morgan fingerprint density at radius 3 is 2.78 bits per heavy atom. The highest BCUT2D eigenvalue weighted by Crippen LogP contribution is 2.19. The number of aromatic nitrogens is 2. The molecule has 5 nitrogen and oxygen atoms in total. The first-order chi connectivity index (χ1) is 11.1. The molecule has 116 valence electrons. The molecular weight excluding hydrogens is 334 g/mol. The Morgan fingerprint density at radius 1 is 1.17 bits per heavy atom. The molecule has 0 aliphatic carbocycles. The summed E-state index contributed by atoms with van der Waals surface area (Å²) in [6.07, 6.45) is 0. The number of anilines is 1. The van der Waals surface area contributed by atoms with Gasteiger partial charge >= 0.3 is 0 Å². The van der Waals surface area contributed by atoms with Crippen LogP contribution in [0.5, 0.6) is 0 Å². The summed E-state index contributed by atoms with van der Waals surface area (Å²) in [6, 6.07) is 14.2. The van der Waals surface area contributed by atoms with E-state index in [9.17, 15) is 9.59 Å². The van der Waals surface area contributed by atoms with Crippen LogP contribution in [-0.4, -0.2) is 26.9 Å². The van der Waals surface area contributed by atoms with Gasteiger partial charge in [-0.05, 0) is 41.9 Å². The zero-order valence-electron chi connectivity index (χ0n) is 11.9. The number of H-pyrrole nitrogens is 1. The maximum Gasteiger partial charge on any atom is 0.252 e. The standard InChI is InChI=1S/C16H12ClN3O2S/c17-15(22)10-4-3-5-11(8-10)18-14(21)9-23-16-19-12-6-1-2-7-13(12)20-16/h1-8H,9H2,(H,18,21)(H,19,20). The zero-order valence-corrected chi connectivity index (χ0v) is 13.4. The van der Waals surface area contributed by atoms with Crippen LogP contribution >= 0.6 is 23.4 Å². The van der Waals surface area contributed by atoms with Crippen LogP contribution in [0.2, 0.25) is 0 Å². The number of carbonyl (C=O) groups is 2. The number of carbonyl (C=O) groups excluding carboxylic acids is 2. The molecule has 7 heteroatoms. The largest absolute Gasteiger partial charge is 0.333 e. The molecule has 0 saturated heterocycles. The molecule has 0 saturated carbocycles. The van der Waals surface area contributed by atoms with E-state index in [-0.39, 0.29) is 11.7 Å². The second kappa shape index (κ2) is 6.85. The average molecular weight is 346 g/mol. The molecule has 1 heterocycles. The predicted molar refractivity (Wildman–Crippen MR) is 92.1 cm³/mol. The van der Waals surface area contributed by atoms with Crippen LogP contribution in [0.25, 0.3) is 11.0 Å². The Morgan fingerprint density at radius 2 is 2.00 bits per heavy atom. The molecule has 0 radical (unpaired) electrons. The average Bonchev–Trinajstić information content (AvgIpc) is 2.96. The van der Waals surface area contributed by atoms with Crippen LogP contribution in [-0.2, 0) is 4.79 Å². The predicted octanol–water partition coefficient (Wildman–Crippen LogP) is 3.67. The first-order valence-electron chi connectivity index (χ1n) is 6.79. The van der Waals surface area contributed by atoms with Crippen LogP contribution in [0.15, 0.2) is 53.7 Å². The van der Waals surface area contributed by atoms with Gasteiger partial charge in [0.25, 0.3) is 5.24 Å². The van der Waals surface area contributed by atoms with Crippen molar-refractivity contribution in [1.29, 1.82) is 0 Å². The summed E-state index contributed by atoms with van der Waals surface area (Å²) in [5.74, 6) is 0.0217. The van der Waals surface area contributed by atoms with Gasteiger partial charge in [-0.1, -0.05) is 30.0 Å². The molecule has 3 aromatic rings. The first-order valence-corrected chi connectivity index (χ1v) is 8.15. The smallest absolute Gasteiger partial charge is 0.252 e. The number of benzene rings is 2. The quantitative estimate of drug-likeness (QED) is 0.546. The van der Waals surface area contributed by atoms with Gasteiger partial charge in [-0.15, -0.1) is 0 Å². The number of amides is 1. The molecular formula is C16H12ClN3O2S. The fourth-order valence-electron chi connectivity index (χ4n) is 2.05. The third-order valence-electron chi connectivity index (χ3n) is 3.08. The minimum Gasteiger partial charge on any atom is -0.333 e. The summed E-state index contributed by atoms with van der Waals surface area (Å²) in [7, 11) is 0. The summed E-state index contributed by atoms with van der Waals surface area (Å²) in [6.45, 7) is 0. The van der Waals surface area contributed by atoms with E-state index >= 15 is 0 Å². The number of nitrogens with zero attached hydrogens (tertiary/aromatic N) is 1. The van der Waals surface area contributed by atoms with E-state index in [1.165, 1.54) is 11.8 Å². The lowest BCUT2D eigenvalue weighted by Crippen LogP contribution is -2.14. The van der Waals surface area contributed by atoms with Crippen molar-refractivity contribution in [3.05, 3.63) is 54.1 Å². The fourth-order valence-corrected chi connectivity index (χ4v) is 2.85. The minimum absolute atomic E-state index is 0.186. The highest BCUT2D eigenvalue weighted by molar-refractivity contribution is 7.99. The van der Waals surface area contributed by atoms with Crippen LogP contribution in [0.1, 0.15) is 10.4 Å². The van der Waals surface area contributed by atoms with E-state index in [1.807, 2.05) is 24.3 Å². The van der Waals surface area contributed by atoms with E-state index in [0.717, 1.165) is 11.0 Å². The van der Waals surface area contributed by atoms with Gasteiger partial charge in [0.05, 0.1) is 16.8 Å². The molecule has 2 N–H and O–H groups in total. The third kappa shape index (κ3) is 3.91. The van der Waals surface area contributed by atoms with Gasteiger partial charge in [-0.2, -0.15) is 0 Å². The normalized spacial score (nSPS) is 10.7. The van der Waals surface area contributed by atoms with E-state index in [1.54, 1.807) is 24.3 Å². The number of imidazole rings is 1. The number of hydrogen-bond acceptors (Lipinski definition) is 4. The van der Waals surface area contributed by atoms with Crippen LogP contribution in [0, 0.1) is 0 Å². The zero-order chi connectivity index (χ0) is 16.2. The molecule has 2 aromatic carbocycles. The molecule has 0 aliphatic heterocycles. The van der Waals surface area contributed by atoms with Crippen molar-refractivity contribution in [3.8, 4) is 0 Å². The molecule has 0 unspecified atom stereocenters. The highest BCUT2D eigenvalue weighted by atomic mass is 35.5. The topological polar surface area (TPSA) is 74.8 Å². The Hall–Kier alpha value is -2.31. The second-order valence-electron chi connectivity index (χ2n) is 4.75. The summed E-state index contributed by atoms with van der Waals surface area (Å²) < 4.78 is 0. The van der Waals surface area contributed by atoms with Gasteiger partial charge in [0, 0.05) is 11.3 Å². The molecule has 0 fully saturated rings. The van der Waals surface area contributed by atoms with Gasteiger partial charge < -0.3 is 10.3 Å². The fraction of sp³-hybridized carbons (Fsp3) is 0.0625. The Bertz CT molecular complexity index is 845. The van der Waals surface area contributed by atoms with Gasteiger partial charge in [0.2, 0.25) is 5.91 Å². The van der Waals surface area contributed by atoms with Crippen molar-refractivity contribution in [2.45, 2.75) is 5.16 Å². The van der Waals surface area contributed by atoms with Crippen molar-refractivity contribution < 1.29 is 9.59 Å². The van der Waals surface area contributed by atoms with Gasteiger partial charge in [0.1, 0.15) is 0 Å². The number of aromatic amines is 1. The monoisotopic (exact) mass is 345 g/mol. The van der Waals surface area contributed by atoms with Crippen molar-refractivity contribution >= 4 is 51.2 Å². The molecule has 0 bridgehead atoms. The van der Waals surface area contributed by atoms with Gasteiger partial charge in [-0.25, -0.2) is 4.98 Å². The van der Waals surface area contributed by atoms with Crippen LogP contribution in [0.3, 0.4) is 0 Å². The summed E-state index contributed by atoms with van der Waals surface area (Å²) in [4.78, 5) is 30.6. The number of para-hydroxylation sites is 2. The lowest BCUT2D eigenvalue weighted by molar-refractivity contribution is -0.113. The molecule has 1 aromatic heterocycles. The molecule has 1 amide bonds. The number of hydrogen-bond donors (Lipinski definition) is 2. The number of thioether (sulfide) groups is 1. The second-order valence-corrected chi connectivity index (χ2v) is 6.06. The van der Waals surface area contributed by atoms with Crippen LogP contribution in [0.4, 0.5) is 5.69 Å². The van der Waals surface area contributed by atoms with Crippen molar-refractivity contribution in [1.82, 2.24) is 9.97 Å². The highest BCUT2D eigenvalue weighted by Gasteiger charge is 2.08. The van der Waals surface area contributed by atoms with E-state index < -0.39 is 5.24 Å². The number of fused-ring (bicyclic) bond motifs is 1. The van der Waals surface area contributed by atoms with Gasteiger partial charge in [-0.3, -0.25) is 9.59 Å². The summed E-state index contributed by atoms with van der Waals surface area (Å²) in [5, 5.41) is 2.86. The van der Waals surface area contributed by atoms with E-state index in [0.29, 0.717) is 16.4 Å². The van der Waals surface area contributed by atoms with Crippen LogP contribution < -0.4 is 5.32 Å². The Balaban J connectivity index is 1.61. The van der Waals surface area contributed by atoms with Crippen molar-refractivity contribution in [3.63, 3.8) is 0 Å². The molecule has 23 heavy (non-hydrogen) atoms. The number of halogens is 1. The van der Waals surface area contributed by atoms with Gasteiger partial charge in [0.15, 0.2) is 5.16 Å². The summed E-state index contributed by atoms with van der Waals surface area (Å²) in [5.41, 5.74) is 2.67. The number of rotatable bonds is 5. The molecule has 0 spiro atoms. The van der Waals surface area contributed by atoms with E-state index in [2.05, 4.69) is 15.3 Å². The Kier molecular flexibility index (Phi) is 4.64. The maximum atomic E-state index is 12.0. The molecule has 0 aliphatic rings. The minimum atomic E-state index is -0.558. The molecule has 3 rings (SSSR count). The first kappa shape index (κ1) is 15.6. The van der Waals surface area contributed by atoms with E-state index in [4.69, 9.17) is 11.6 Å². The lowest BCUT2D eigenvalue weighted by atomic mass is 10.2. The van der Waals surface area contributed by atoms with Crippen molar-refractivity contribution in [2.24, 2.45) is 0 Å². The summed E-state index contributed by atoms with van der Waals surface area (Å²) >= 11 is 6.74. The SMILES string of the molecule is O=C(CSc1nc2ccccc2[nH]1)Nc1cccc(C(=O)Cl)c1.